The smallest absolute Gasteiger partial charge is 0.300 e. The normalized spacial score (nSPS) is 9.21. The zero-order valence-corrected chi connectivity index (χ0v) is 7.60. The lowest BCUT2D eigenvalue weighted by molar-refractivity contribution is -0.134. The number of benzene rings is 1. The monoisotopic (exact) mass is 194 g/mol. The summed E-state index contributed by atoms with van der Waals surface area (Å²) < 4.78 is 5.03. The van der Waals surface area contributed by atoms with Gasteiger partial charge >= 0.3 is 0 Å². The summed E-state index contributed by atoms with van der Waals surface area (Å²) in [6.07, 6.45) is 0. The van der Waals surface area contributed by atoms with Crippen LogP contribution in [0.1, 0.15) is 6.92 Å². The Morgan fingerprint density at radius 1 is 1.50 bits per heavy atom. The van der Waals surface area contributed by atoms with E-state index in [-0.39, 0.29) is 6.01 Å². The minimum Gasteiger partial charge on any atom is -0.481 e. The number of para-hydroxylation sites is 2. The molecule has 2 aromatic rings. The molecule has 0 amide bonds. The molecule has 0 unspecified atom stereocenters. The van der Waals surface area contributed by atoms with Crippen molar-refractivity contribution in [3.05, 3.63) is 24.3 Å². The van der Waals surface area contributed by atoms with E-state index in [2.05, 4.69) is 4.98 Å². The fraction of sp³-hybridized carbons (Fsp3) is 0.111. The summed E-state index contributed by atoms with van der Waals surface area (Å²) in [6.45, 7) is 1.08. The third-order valence-corrected chi connectivity index (χ3v) is 1.31. The van der Waals surface area contributed by atoms with Gasteiger partial charge in [0.2, 0.25) is 0 Å². The summed E-state index contributed by atoms with van der Waals surface area (Å²) in [6, 6.07) is 7.69. The van der Waals surface area contributed by atoms with Gasteiger partial charge in [-0.1, -0.05) is 12.1 Å². The molecule has 5 nitrogen and oxygen atoms in total. The van der Waals surface area contributed by atoms with Gasteiger partial charge in [0, 0.05) is 6.92 Å². The SMILES string of the molecule is CC(=O)O.Nc1nc2ccccc2o1. The topological polar surface area (TPSA) is 89.3 Å². The highest BCUT2D eigenvalue weighted by molar-refractivity contribution is 5.73. The number of rotatable bonds is 0. The Kier molecular flexibility index (Phi) is 3.06. The zero-order valence-electron chi connectivity index (χ0n) is 7.60. The molecule has 5 heteroatoms. The number of aliphatic carboxylic acids is 1. The number of nitrogens with two attached hydrogens (primary N) is 1. The maximum absolute atomic E-state index is 9.00. The number of nitrogens with zero attached hydrogens (tertiary/aromatic N) is 1. The van der Waals surface area contributed by atoms with Gasteiger partial charge in [0.05, 0.1) is 0 Å². The Bertz CT molecular complexity index is 399. The minimum atomic E-state index is -0.833. The second kappa shape index (κ2) is 4.27. The van der Waals surface area contributed by atoms with Crippen molar-refractivity contribution in [3.63, 3.8) is 0 Å². The maximum atomic E-state index is 9.00. The van der Waals surface area contributed by atoms with Crippen molar-refractivity contribution in [2.75, 3.05) is 5.73 Å². The van der Waals surface area contributed by atoms with Crippen LogP contribution in [0.2, 0.25) is 0 Å². The van der Waals surface area contributed by atoms with Gasteiger partial charge < -0.3 is 15.3 Å². The van der Waals surface area contributed by atoms with Crippen LogP contribution in [0, 0.1) is 0 Å². The summed E-state index contributed by atoms with van der Waals surface area (Å²) in [5.74, 6) is -0.833. The lowest BCUT2D eigenvalue weighted by atomic mass is 10.3. The van der Waals surface area contributed by atoms with Gasteiger partial charge in [-0.05, 0) is 12.1 Å². The summed E-state index contributed by atoms with van der Waals surface area (Å²) in [5.41, 5.74) is 6.85. The molecular formula is C9H10N2O3. The van der Waals surface area contributed by atoms with Crippen LogP contribution < -0.4 is 5.73 Å². The number of carbonyl (C=O) groups is 1. The van der Waals surface area contributed by atoms with E-state index in [1.54, 1.807) is 0 Å². The van der Waals surface area contributed by atoms with Crippen molar-refractivity contribution < 1.29 is 14.3 Å². The van der Waals surface area contributed by atoms with Gasteiger partial charge in [-0.2, -0.15) is 4.98 Å². The van der Waals surface area contributed by atoms with Gasteiger partial charge in [0.1, 0.15) is 5.52 Å². The number of fused-ring (bicyclic) bond motifs is 1. The van der Waals surface area contributed by atoms with E-state index in [9.17, 15) is 0 Å². The minimum absolute atomic E-state index is 0.223. The average Bonchev–Trinajstić information content (AvgIpc) is 2.42. The van der Waals surface area contributed by atoms with Crippen molar-refractivity contribution in [2.24, 2.45) is 0 Å². The Hall–Kier alpha value is -2.04. The molecule has 3 N–H and O–H groups in total. The van der Waals surface area contributed by atoms with Crippen LogP contribution in [-0.2, 0) is 4.79 Å². The molecule has 0 aliphatic rings. The number of hydrogen-bond donors (Lipinski definition) is 2. The second-order valence-electron chi connectivity index (χ2n) is 2.54. The predicted octanol–water partition coefficient (Wildman–Crippen LogP) is 1.50. The molecule has 74 valence electrons. The van der Waals surface area contributed by atoms with Crippen LogP contribution in [0.15, 0.2) is 28.7 Å². The number of aromatic nitrogens is 1. The van der Waals surface area contributed by atoms with Gasteiger partial charge in [0.15, 0.2) is 5.58 Å². The van der Waals surface area contributed by atoms with Crippen LogP contribution in [0.25, 0.3) is 11.1 Å². The highest BCUT2D eigenvalue weighted by Crippen LogP contribution is 2.14. The summed E-state index contributed by atoms with van der Waals surface area (Å²) >= 11 is 0. The maximum Gasteiger partial charge on any atom is 0.300 e. The molecule has 0 spiro atoms. The summed E-state index contributed by atoms with van der Waals surface area (Å²) in [5, 5.41) is 7.42. The molecule has 14 heavy (non-hydrogen) atoms. The molecule has 0 bridgehead atoms. The van der Waals surface area contributed by atoms with Crippen LogP contribution in [-0.4, -0.2) is 16.1 Å². The molecule has 0 saturated carbocycles. The predicted molar refractivity (Wildman–Crippen MR) is 51.7 cm³/mol. The van der Waals surface area contributed by atoms with E-state index in [0.717, 1.165) is 18.0 Å². The largest absolute Gasteiger partial charge is 0.481 e. The van der Waals surface area contributed by atoms with Crippen molar-refractivity contribution in [2.45, 2.75) is 6.92 Å². The molecule has 2 rings (SSSR count). The Morgan fingerprint density at radius 3 is 2.64 bits per heavy atom. The Morgan fingerprint density at radius 2 is 2.07 bits per heavy atom. The second-order valence-corrected chi connectivity index (χ2v) is 2.54. The number of nitrogen functional groups attached to an aromatic ring is 1. The number of anilines is 1. The highest BCUT2D eigenvalue weighted by Gasteiger charge is 1.97. The number of oxazole rings is 1. The van der Waals surface area contributed by atoms with Crippen LogP contribution in [0.3, 0.4) is 0 Å². The molecule has 0 aliphatic carbocycles. The van der Waals surface area contributed by atoms with Crippen LogP contribution in [0.4, 0.5) is 6.01 Å². The molecule has 1 aromatic heterocycles. The van der Waals surface area contributed by atoms with E-state index < -0.39 is 5.97 Å². The Balaban J connectivity index is 0.000000213. The molecule has 0 radical (unpaired) electrons. The van der Waals surface area contributed by atoms with E-state index >= 15 is 0 Å². The third kappa shape index (κ3) is 2.78. The number of carboxylic acids is 1. The van der Waals surface area contributed by atoms with Gasteiger partial charge in [-0.15, -0.1) is 0 Å². The molecule has 0 fully saturated rings. The van der Waals surface area contributed by atoms with Crippen molar-refractivity contribution in [3.8, 4) is 0 Å². The third-order valence-electron chi connectivity index (χ3n) is 1.31. The standard InChI is InChI=1S/C7H6N2O.C2H4O2/c8-7-9-5-3-1-2-4-6(5)10-7;1-2(3)4/h1-4H,(H2,8,9);1H3,(H,3,4). The molecule has 0 atom stereocenters. The van der Waals surface area contributed by atoms with Crippen LogP contribution in [0.5, 0.6) is 0 Å². The summed E-state index contributed by atoms with van der Waals surface area (Å²) in [7, 11) is 0. The fourth-order valence-electron chi connectivity index (χ4n) is 0.890. The van der Waals surface area contributed by atoms with E-state index in [1.165, 1.54) is 0 Å². The first kappa shape index (κ1) is 10.0. The zero-order chi connectivity index (χ0) is 10.6. The van der Waals surface area contributed by atoms with Crippen molar-refractivity contribution in [1.82, 2.24) is 4.98 Å². The molecule has 1 heterocycles. The Labute approximate surface area is 80.2 Å². The first-order valence-corrected chi connectivity index (χ1v) is 3.90. The number of hydrogen-bond acceptors (Lipinski definition) is 4. The molecular weight excluding hydrogens is 184 g/mol. The quantitative estimate of drug-likeness (QED) is 0.663. The summed E-state index contributed by atoms with van der Waals surface area (Å²) in [4.78, 5) is 12.9. The molecule has 0 aliphatic heterocycles. The van der Waals surface area contributed by atoms with Gasteiger partial charge in [0.25, 0.3) is 12.0 Å². The molecule has 1 aromatic carbocycles. The first-order chi connectivity index (χ1) is 6.59. The number of carboxylic acid groups (broad SMARTS) is 1. The van der Waals surface area contributed by atoms with Crippen LogP contribution >= 0.6 is 0 Å². The van der Waals surface area contributed by atoms with Crippen molar-refractivity contribution in [1.29, 1.82) is 0 Å². The van der Waals surface area contributed by atoms with E-state index in [1.807, 2.05) is 24.3 Å². The molecule has 0 saturated heterocycles. The highest BCUT2D eigenvalue weighted by atomic mass is 16.4. The van der Waals surface area contributed by atoms with Gasteiger partial charge in [-0.25, -0.2) is 0 Å². The first-order valence-electron chi connectivity index (χ1n) is 3.90. The van der Waals surface area contributed by atoms with Gasteiger partial charge in [-0.3, -0.25) is 4.79 Å². The average molecular weight is 194 g/mol. The lowest BCUT2D eigenvalue weighted by Gasteiger charge is -1.79. The van der Waals surface area contributed by atoms with E-state index in [0.29, 0.717) is 0 Å². The van der Waals surface area contributed by atoms with Crippen molar-refractivity contribution >= 4 is 23.1 Å². The van der Waals surface area contributed by atoms with E-state index in [4.69, 9.17) is 20.1 Å². The lowest BCUT2D eigenvalue weighted by Crippen LogP contribution is -1.80. The fourth-order valence-corrected chi connectivity index (χ4v) is 0.890.